The lowest BCUT2D eigenvalue weighted by Gasteiger charge is -2.38. The highest BCUT2D eigenvalue weighted by Crippen LogP contribution is 2.42. The summed E-state index contributed by atoms with van der Waals surface area (Å²) in [6, 6.07) is 0. The van der Waals surface area contributed by atoms with E-state index in [-0.39, 0.29) is 5.41 Å². The first-order valence-electron chi connectivity index (χ1n) is 15.7. The molecular weight excluding hydrogens is 637 g/mol. The molecule has 3 unspecified atom stereocenters. The molecule has 4 aliphatic rings. The predicted molar refractivity (Wildman–Crippen MR) is 202 cm³/mol. The van der Waals surface area contributed by atoms with Crippen molar-refractivity contribution in [3.05, 3.63) is 22.0 Å². The van der Waals surface area contributed by atoms with Crippen molar-refractivity contribution in [3.8, 4) is 0 Å². The monoisotopic (exact) mass is 688 g/mol. The Morgan fingerprint density at radius 3 is 1.88 bits per heavy atom. The van der Waals surface area contributed by atoms with Crippen molar-refractivity contribution < 1.29 is 9.47 Å². The SMILES string of the molecule is CC.CC.CC(CCOCCCOCCC(C)(C)CN1C(=S)C=C2SCCC2C1=S)CN1C(=S)C=C2SCCC2C1=S. The Morgan fingerprint density at radius 2 is 1.31 bits per heavy atom. The minimum atomic E-state index is 0.0742. The molecule has 0 aromatic rings. The van der Waals surface area contributed by atoms with Gasteiger partial charge in [0.1, 0.15) is 9.98 Å². The highest BCUT2D eigenvalue weighted by Gasteiger charge is 2.37. The number of thioether (sulfide) groups is 2. The minimum absolute atomic E-state index is 0.0742. The van der Waals surface area contributed by atoms with E-state index in [0.29, 0.717) is 17.8 Å². The molecule has 0 N–H and O–H groups in total. The lowest BCUT2D eigenvalue weighted by atomic mass is 9.88. The first-order valence-corrected chi connectivity index (χ1v) is 19.3. The minimum Gasteiger partial charge on any atom is -0.381 e. The lowest BCUT2D eigenvalue weighted by Crippen LogP contribution is -2.46. The van der Waals surface area contributed by atoms with Gasteiger partial charge in [0, 0.05) is 51.4 Å². The molecule has 2 saturated heterocycles. The van der Waals surface area contributed by atoms with Gasteiger partial charge in [-0.25, -0.2) is 0 Å². The predicted octanol–water partition coefficient (Wildman–Crippen LogP) is 9.12. The van der Waals surface area contributed by atoms with E-state index in [1.165, 1.54) is 9.81 Å². The highest BCUT2D eigenvalue weighted by atomic mass is 32.2. The van der Waals surface area contributed by atoms with E-state index < -0.39 is 0 Å². The fourth-order valence-corrected chi connectivity index (χ4v) is 9.45. The van der Waals surface area contributed by atoms with E-state index in [1.54, 1.807) is 0 Å². The third-order valence-electron chi connectivity index (χ3n) is 7.57. The molecular formula is C32H52N2O2S6. The van der Waals surface area contributed by atoms with Crippen molar-refractivity contribution in [1.29, 1.82) is 0 Å². The molecule has 10 heteroatoms. The summed E-state index contributed by atoms with van der Waals surface area (Å²) in [5.74, 6) is 3.58. The van der Waals surface area contributed by atoms with Gasteiger partial charge in [0.2, 0.25) is 0 Å². The summed E-state index contributed by atoms with van der Waals surface area (Å²) in [4.78, 5) is 10.9. The summed E-state index contributed by atoms with van der Waals surface area (Å²) in [6.45, 7) is 19.5. The van der Waals surface area contributed by atoms with E-state index in [4.69, 9.17) is 58.3 Å². The van der Waals surface area contributed by atoms with Crippen LogP contribution in [0.1, 0.15) is 80.6 Å². The molecule has 238 valence electrons. The van der Waals surface area contributed by atoms with E-state index in [1.807, 2.05) is 51.2 Å². The van der Waals surface area contributed by atoms with Gasteiger partial charge >= 0.3 is 0 Å². The molecule has 42 heavy (non-hydrogen) atoms. The zero-order valence-corrected chi connectivity index (χ0v) is 31.6. The smallest absolute Gasteiger partial charge is 0.107 e. The topological polar surface area (TPSA) is 24.9 Å². The van der Waals surface area contributed by atoms with Gasteiger partial charge in [0.25, 0.3) is 0 Å². The van der Waals surface area contributed by atoms with Gasteiger partial charge in [0.15, 0.2) is 0 Å². The number of ether oxygens (including phenoxy) is 2. The molecule has 0 aromatic heterocycles. The van der Waals surface area contributed by atoms with Gasteiger partial charge in [-0.05, 0) is 76.9 Å². The highest BCUT2D eigenvalue weighted by molar-refractivity contribution is 8.03. The van der Waals surface area contributed by atoms with Crippen molar-refractivity contribution in [2.75, 3.05) is 51.0 Å². The fraction of sp³-hybridized carbons (Fsp3) is 0.750. The summed E-state index contributed by atoms with van der Waals surface area (Å²) in [5, 5.41) is 0. The second-order valence-electron chi connectivity index (χ2n) is 11.4. The van der Waals surface area contributed by atoms with E-state index in [2.05, 4.69) is 42.7 Å². The maximum atomic E-state index is 5.95. The second-order valence-corrected chi connectivity index (χ2v) is 15.4. The molecule has 0 amide bonds. The van der Waals surface area contributed by atoms with E-state index >= 15 is 0 Å². The third-order valence-corrected chi connectivity index (χ3v) is 11.6. The zero-order valence-electron chi connectivity index (χ0n) is 26.7. The average molecular weight is 689 g/mol. The van der Waals surface area contributed by atoms with Crippen LogP contribution >= 0.6 is 72.4 Å². The fourth-order valence-electron chi connectivity index (χ4n) is 5.19. The Kier molecular flexibility index (Phi) is 17.8. The van der Waals surface area contributed by atoms with Crippen LogP contribution in [0.5, 0.6) is 0 Å². The molecule has 3 atom stereocenters. The van der Waals surface area contributed by atoms with Crippen LogP contribution in [0, 0.1) is 23.2 Å². The number of nitrogens with zero attached hydrogens (tertiary/aromatic N) is 2. The molecule has 4 rings (SSSR count). The lowest BCUT2D eigenvalue weighted by molar-refractivity contribution is 0.0648. The molecule has 4 heterocycles. The van der Waals surface area contributed by atoms with Crippen LogP contribution < -0.4 is 0 Å². The van der Waals surface area contributed by atoms with Crippen molar-refractivity contribution in [2.24, 2.45) is 23.2 Å². The molecule has 0 bridgehead atoms. The van der Waals surface area contributed by atoms with Crippen LogP contribution in [0.4, 0.5) is 0 Å². The summed E-state index contributed by atoms with van der Waals surface area (Å²) in [7, 11) is 0. The van der Waals surface area contributed by atoms with Gasteiger partial charge in [0.05, 0.1) is 9.98 Å². The molecule has 2 fully saturated rings. The van der Waals surface area contributed by atoms with Gasteiger partial charge in [-0.2, -0.15) is 0 Å². The van der Waals surface area contributed by atoms with Crippen LogP contribution in [-0.2, 0) is 9.47 Å². The Morgan fingerprint density at radius 1 is 0.810 bits per heavy atom. The van der Waals surface area contributed by atoms with Gasteiger partial charge in [-0.15, -0.1) is 23.5 Å². The Balaban J connectivity index is 0.00000148. The summed E-state index contributed by atoms with van der Waals surface area (Å²) in [5.41, 5.74) is 0.0742. The summed E-state index contributed by atoms with van der Waals surface area (Å²) in [6.07, 6.45) is 9.50. The molecule has 0 aliphatic carbocycles. The Labute approximate surface area is 286 Å². The van der Waals surface area contributed by atoms with Crippen molar-refractivity contribution in [1.82, 2.24) is 9.80 Å². The molecule has 0 radical (unpaired) electrons. The van der Waals surface area contributed by atoms with Gasteiger partial charge < -0.3 is 19.3 Å². The quantitative estimate of drug-likeness (QED) is 0.130. The molecule has 4 nitrogen and oxygen atoms in total. The summed E-state index contributed by atoms with van der Waals surface area (Å²) < 4.78 is 11.8. The van der Waals surface area contributed by atoms with Crippen LogP contribution in [0.25, 0.3) is 0 Å². The van der Waals surface area contributed by atoms with E-state index in [9.17, 15) is 0 Å². The number of thiocarbonyl (C=S) groups is 4. The molecule has 4 aliphatic heterocycles. The number of rotatable bonds is 14. The second kappa shape index (κ2) is 19.5. The molecule has 0 saturated carbocycles. The first-order chi connectivity index (χ1) is 20.2. The zero-order chi connectivity index (χ0) is 31.3. The third kappa shape index (κ3) is 11.1. The van der Waals surface area contributed by atoms with Crippen molar-refractivity contribution in [3.63, 3.8) is 0 Å². The Bertz CT molecular complexity index is 995. The maximum absolute atomic E-state index is 5.95. The number of fused-ring (bicyclic) bond motifs is 2. The van der Waals surface area contributed by atoms with Crippen molar-refractivity contribution >= 4 is 92.3 Å². The van der Waals surface area contributed by atoms with Crippen LogP contribution in [-0.4, -0.2) is 80.8 Å². The van der Waals surface area contributed by atoms with Gasteiger partial charge in [-0.3, -0.25) is 0 Å². The Hall–Kier alpha value is 0.0600. The van der Waals surface area contributed by atoms with Crippen molar-refractivity contribution in [2.45, 2.75) is 80.6 Å². The molecule has 0 aromatic carbocycles. The first kappa shape index (κ1) is 38.2. The summed E-state index contributed by atoms with van der Waals surface area (Å²) >= 11 is 26.7. The van der Waals surface area contributed by atoms with Crippen LogP contribution in [0.2, 0.25) is 0 Å². The number of hydrogen-bond donors (Lipinski definition) is 0. The van der Waals surface area contributed by atoms with Gasteiger partial charge in [-0.1, -0.05) is 97.3 Å². The molecule has 0 spiro atoms. The maximum Gasteiger partial charge on any atom is 0.107 e. The normalized spacial score (nSPS) is 22.5. The number of hydrogen-bond acceptors (Lipinski definition) is 8. The van der Waals surface area contributed by atoms with Crippen LogP contribution in [0.15, 0.2) is 22.0 Å². The van der Waals surface area contributed by atoms with E-state index in [0.717, 1.165) is 103 Å². The average Bonchev–Trinajstić information content (AvgIpc) is 3.64. The largest absolute Gasteiger partial charge is 0.381 e. The van der Waals surface area contributed by atoms with Crippen LogP contribution in [0.3, 0.4) is 0 Å². The standard InChI is InChI=1S/C28H40N2O2S6.2C2H6/c1-19(17-29-24(33)15-22-20(26(29)35)6-13-37-22)5-11-31-9-4-10-32-12-8-28(2,3)18-30-25(34)16-23-21(27(30)36)7-14-38-23;2*1-2/h15-16,19-21H,4-14,17-18H2,1-3H3;2*1-2H3.